The predicted octanol–water partition coefficient (Wildman–Crippen LogP) is 3.83. The fraction of sp³-hybridized carbons (Fsp3) is 0.590. The molecule has 56 heavy (non-hydrogen) atoms. The van der Waals surface area contributed by atoms with Crippen molar-refractivity contribution in [2.75, 3.05) is 24.6 Å². The lowest BCUT2D eigenvalue weighted by Gasteiger charge is -2.38. The van der Waals surface area contributed by atoms with Crippen LogP contribution in [-0.4, -0.2) is 100 Å². The number of nitrogens with one attached hydrogen (secondary N) is 5. The molecule has 0 radical (unpaired) electrons. The van der Waals surface area contributed by atoms with Crippen LogP contribution in [0.3, 0.4) is 0 Å². The molecular weight excluding hydrogens is 777 g/mol. The molecule has 3 heterocycles. The molecule has 2 saturated heterocycles. The van der Waals surface area contributed by atoms with E-state index in [0.29, 0.717) is 30.5 Å². The molecule has 1 spiro atoms. The third-order valence-corrected chi connectivity index (χ3v) is 15.5. The van der Waals surface area contributed by atoms with Crippen LogP contribution >= 0.6 is 23.5 Å². The highest BCUT2D eigenvalue weighted by molar-refractivity contribution is 8.18. The van der Waals surface area contributed by atoms with Crippen LogP contribution in [0.2, 0.25) is 0 Å². The standard InChI is InChI=1S/C39H54N6O8S3/c1-23-24(2)41-32(30(23)25(3)46)36(50)42-31(26-14-9-7-10-15-26)35(49)43-33(38(4,5)6)37(51)45-22-39(54-18-13-19-55-39)20-28(45)34(48)40-21-29(47)44-56(52,53)27-16-11-8-12-17-27/h8,11-12,16-17,26,28,31,33,41H,7,9-10,13-15,18-22H2,1-6H3,(H,40,48)(H,42,50)(H,43,49)(H,44,47)/t28-,31-,33+/m0/s1. The van der Waals surface area contributed by atoms with Crippen LogP contribution in [0.25, 0.3) is 0 Å². The van der Waals surface area contributed by atoms with E-state index in [-0.39, 0.29) is 34.4 Å². The molecule has 14 nitrogen and oxygen atoms in total. The minimum atomic E-state index is -4.16. The van der Waals surface area contributed by atoms with Crippen molar-refractivity contribution in [3.63, 3.8) is 0 Å². The Morgan fingerprint density at radius 2 is 1.59 bits per heavy atom. The highest BCUT2D eigenvalue weighted by atomic mass is 32.2. The van der Waals surface area contributed by atoms with Gasteiger partial charge in [-0.1, -0.05) is 58.2 Å². The Balaban J connectivity index is 1.37. The first-order chi connectivity index (χ1) is 26.3. The van der Waals surface area contributed by atoms with Crippen molar-refractivity contribution in [3.8, 4) is 0 Å². The van der Waals surface area contributed by atoms with Crippen molar-refractivity contribution >= 4 is 68.9 Å². The number of carbonyl (C=O) groups is 6. The maximum atomic E-state index is 14.8. The molecule has 3 fully saturated rings. The van der Waals surface area contributed by atoms with Crippen LogP contribution in [0.1, 0.15) is 105 Å². The van der Waals surface area contributed by atoms with Crippen molar-refractivity contribution in [3.05, 3.63) is 52.8 Å². The molecule has 2 aromatic rings. The largest absolute Gasteiger partial charge is 0.354 e. The van der Waals surface area contributed by atoms with Crippen LogP contribution in [0.5, 0.6) is 0 Å². The van der Waals surface area contributed by atoms with E-state index in [2.05, 4.69) is 20.9 Å². The van der Waals surface area contributed by atoms with Gasteiger partial charge in [-0.25, -0.2) is 13.1 Å². The van der Waals surface area contributed by atoms with E-state index in [0.717, 1.165) is 37.2 Å². The average Bonchev–Trinajstić information content (AvgIpc) is 3.68. The lowest BCUT2D eigenvalue weighted by Crippen LogP contribution is -2.61. The number of amides is 5. The van der Waals surface area contributed by atoms with Gasteiger partial charge >= 0.3 is 0 Å². The Morgan fingerprint density at radius 3 is 2.20 bits per heavy atom. The number of ketones is 1. The maximum absolute atomic E-state index is 14.8. The average molecular weight is 831 g/mol. The molecular formula is C39H54N6O8S3. The van der Waals surface area contributed by atoms with E-state index in [1.165, 1.54) is 36.1 Å². The molecule has 5 N–H and O–H groups in total. The van der Waals surface area contributed by atoms with Crippen molar-refractivity contribution < 1.29 is 37.2 Å². The fourth-order valence-electron chi connectivity index (χ4n) is 7.71. The highest BCUT2D eigenvalue weighted by Gasteiger charge is 2.53. The van der Waals surface area contributed by atoms with Gasteiger partial charge in [0.15, 0.2) is 5.78 Å². The molecule has 1 saturated carbocycles. The van der Waals surface area contributed by atoms with Gasteiger partial charge in [0, 0.05) is 18.7 Å². The van der Waals surface area contributed by atoms with Gasteiger partial charge in [-0.3, -0.25) is 28.8 Å². The number of hydrogen-bond acceptors (Lipinski definition) is 10. The quantitative estimate of drug-likeness (QED) is 0.196. The lowest BCUT2D eigenvalue weighted by molar-refractivity contribution is -0.144. The Bertz CT molecular complexity index is 1930. The van der Waals surface area contributed by atoms with Crippen molar-refractivity contribution in [1.82, 2.24) is 30.6 Å². The van der Waals surface area contributed by atoms with Gasteiger partial charge in [0.2, 0.25) is 17.7 Å². The number of sulfonamides is 1. The van der Waals surface area contributed by atoms with E-state index in [1.54, 1.807) is 43.4 Å². The monoisotopic (exact) mass is 830 g/mol. The lowest BCUT2D eigenvalue weighted by atomic mass is 9.82. The maximum Gasteiger partial charge on any atom is 0.269 e. The van der Waals surface area contributed by atoms with E-state index in [9.17, 15) is 37.2 Å². The van der Waals surface area contributed by atoms with Crippen molar-refractivity contribution in [2.24, 2.45) is 11.3 Å². The van der Waals surface area contributed by atoms with Crippen LogP contribution < -0.4 is 20.7 Å². The summed E-state index contributed by atoms with van der Waals surface area (Å²) in [6.07, 6.45) is 5.42. The normalized spacial score (nSPS) is 19.8. The van der Waals surface area contributed by atoms with Gasteiger partial charge in [-0.05, 0) is 80.6 Å². The number of rotatable bonds is 12. The molecule has 5 amide bonds. The van der Waals surface area contributed by atoms with Gasteiger partial charge in [-0.15, -0.1) is 23.5 Å². The minimum Gasteiger partial charge on any atom is -0.354 e. The van der Waals surface area contributed by atoms with E-state index < -0.39 is 73.7 Å². The minimum absolute atomic E-state index is 0.0922. The second-order valence-corrected chi connectivity index (χ2v) is 20.9. The van der Waals surface area contributed by atoms with Gasteiger partial charge in [0.25, 0.3) is 21.8 Å². The zero-order chi connectivity index (χ0) is 41.0. The number of thioether (sulfide) groups is 2. The number of nitrogens with zero attached hydrogens (tertiary/aromatic N) is 1. The first-order valence-corrected chi connectivity index (χ1v) is 22.6. The second-order valence-electron chi connectivity index (χ2n) is 16.0. The SMILES string of the molecule is CC(=O)c1c(C(=O)N[C@H](C(=O)N[C@H](C(=O)N2CC3(C[C@H]2C(=O)NCC(=O)NS(=O)(=O)c2ccccc2)SCCCS3)C(C)(C)C)C2CCCCC2)[nH]c(C)c1C. The number of carbonyl (C=O) groups excluding carboxylic acids is 6. The summed E-state index contributed by atoms with van der Waals surface area (Å²) in [6, 6.07) is 4.29. The number of H-pyrrole nitrogens is 1. The Kier molecular flexibility index (Phi) is 13.7. The number of hydrogen-bond donors (Lipinski definition) is 5. The van der Waals surface area contributed by atoms with Crippen molar-refractivity contribution in [2.45, 2.75) is 114 Å². The number of likely N-dealkylation sites (tertiary alicyclic amines) is 1. The number of aryl methyl sites for hydroxylation is 1. The van der Waals surface area contributed by atoms with E-state index in [4.69, 9.17) is 0 Å². The molecule has 3 atom stereocenters. The number of aromatic amines is 1. The Labute approximate surface area is 337 Å². The van der Waals surface area contributed by atoms with Gasteiger partial charge in [0.1, 0.15) is 23.8 Å². The van der Waals surface area contributed by atoms with E-state index in [1.807, 2.05) is 25.5 Å². The summed E-state index contributed by atoms with van der Waals surface area (Å²) in [6.45, 7) is 9.96. The summed E-state index contributed by atoms with van der Waals surface area (Å²) in [4.78, 5) is 86.6. The third-order valence-electron chi connectivity index (χ3n) is 10.8. The molecule has 3 aliphatic rings. The Hall–Kier alpha value is -3.83. The Morgan fingerprint density at radius 1 is 0.946 bits per heavy atom. The van der Waals surface area contributed by atoms with Gasteiger partial charge < -0.3 is 25.8 Å². The zero-order valence-electron chi connectivity index (χ0n) is 32.9. The summed E-state index contributed by atoms with van der Waals surface area (Å²) in [5, 5.41) is 8.46. The summed E-state index contributed by atoms with van der Waals surface area (Å²) in [7, 11) is -4.16. The van der Waals surface area contributed by atoms with Gasteiger partial charge in [-0.2, -0.15) is 0 Å². The first-order valence-electron chi connectivity index (χ1n) is 19.1. The van der Waals surface area contributed by atoms with Crippen LogP contribution in [-0.2, 0) is 29.2 Å². The molecule has 306 valence electrons. The zero-order valence-corrected chi connectivity index (χ0v) is 35.4. The molecule has 1 aromatic heterocycles. The molecule has 0 bridgehead atoms. The number of benzene rings is 1. The second kappa shape index (κ2) is 17.8. The molecule has 1 aliphatic carbocycles. The topological polar surface area (TPSA) is 204 Å². The summed E-state index contributed by atoms with van der Waals surface area (Å²) < 4.78 is 26.9. The first kappa shape index (κ1) is 43.3. The number of Topliss-reactive ketones (excluding diaryl/α,β-unsaturated/α-hetero) is 1. The molecule has 1 aromatic carbocycles. The molecule has 5 rings (SSSR count). The molecule has 2 aliphatic heterocycles. The van der Waals surface area contributed by atoms with Crippen molar-refractivity contribution in [1.29, 1.82) is 0 Å². The highest BCUT2D eigenvalue weighted by Crippen LogP contribution is 2.50. The summed E-state index contributed by atoms with van der Waals surface area (Å²) in [5.41, 5.74) is 0.861. The number of aromatic nitrogens is 1. The molecule has 0 unspecified atom stereocenters. The summed E-state index contributed by atoms with van der Waals surface area (Å²) in [5.74, 6) is -1.94. The van der Waals surface area contributed by atoms with Crippen LogP contribution in [0.4, 0.5) is 0 Å². The molecule has 17 heteroatoms. The van der Waals surface area contributed by atoms with Crippen LogP contribution in [0.15, 0.2) is 35.2 Å². The smallest absolute Gasteiger partial charge is 0.269 e. The van der Waals surface area contributed by atoms with Crippen LogP contribution in [0, 0.1) is 25.2 Å². The predicted molar refractivity (Wildman–Crippen MR) is 217 cm³/mol. The summed E-state index contributed by atoms with van der Waals surface area (Å²) >= 11 is 3.36. The van der Waals surface area contributed by atoms with E-state index >= 15 is 0 Å². The van der Waals surface area contributed by atoms with Gasteiger partial charge in [0.05, 0.1) is 21.1 Å². The third kappa shape index (κ3) is 9.99. The fourth-order valence-corrected chi connectivity index (χ4v) is 12.1.